The SMILES string of the molecule is CC(C)CNCc1cnc(Oc2cccc(Br)c2)cn1. The van der Waals surface area contributed by atoms with Crippen molar-refractivity contribution in [2.45, 2.75) is 20.4 Å². The predicted octanol–water partition coefficient (Wildman–Crippen LogP) is 3.78. The maximum absolute atomic E-state index is 5.63. The molecule has 0 atom stereocenters. The van der Waals surface area contributed by atoms with Gasteiger partial charge in [-0.3, -0.25) is 4.98 Å². The van der Waals surface area contributed by atoms with E-state index in [-0.39, 0.29) is 0 Å². The maximum atomic E-state index is 5.63. The highest BCUT2D eigenvalue weighted by Crippen LogP contribution is 2.22. The summed E-state index contributed by atoms with van der Waals surface area (Å²) in [6.45, 7) is 6.04. The first kappa shape index (κ1) is 14.9. The zero-order chi connectivity index (χ0) is 14.4. The number of hydrogen-bond donors (Lipinski definition) is 1. The molecule has 0 amide bonds. The molecule has 4 nitrogen and oxygen atoms in total. The van der Waals surface area contributed by atoms with Gasteiger partial charge in [-0.15, -0.1) is 0 Å². The summed E-state index contributed by atoms with van der Waals surface area (Å²) in [4.78, 5) is 8.59. The third kappa shape index (κ3) is 4.90. The van der Waals surface area contributed by atoms with E-state index in [1.807, 2.05) is 24.3 Å². The van der Waals surface area contributed by atoms with Crippen molar-refractivity contribution in [3.63, 3.8) is 0 Å². The standard InChI is InChI=1S/C15H18BrN3O/c1-11(2)7-17-8-13-9-19-15(10-18-13)20-14-5-3-4-12(16)6-14/h3-6,9-11,17H,7-8H2,1-2H3. The average Bonchev–Trinajstić information content (AvgIpc) is 2.40. The lowest BCUT2D eigenvalue weighted by molar-refractivity contribution is 0.458. The molecule has 0 saturated heterocycles. The molecule has 0 aliphatic heterocycles. The topological polar surface area (TPSA) is 47.0 Å². The minimum Gasteiger partial charge on any atom is -0.437 e. The molecule has 0 bridgehead atoms. The number of hydrogen-bond acceptors (Lipinski definition) is 4. The van der Waals surface area contributed by atoms with E-state index in [9.17, 15) is 0 Å². The molecular formula is C15H18BrN3O. The summed E-state index contributed by atoms with van der Waals surface area (Å²) in [5, 5.41) is 3.33. The molecule has 0 radical (unpaired) electrons. The molecule has 106 valence electrons. The normalized spacial score (nSPS) is 10.8. The van der Waals surface area contributed by atoms with Crippen molar-refractivity contribution in [2.75, 3.05) is 6.54 Å². The zero-order valence-electron chi connectivity index (χ0n) is 11.6. The number of aromatic nitrogens is 2. The van der Waals surface area contributed by atoms with Gasteiger partial charge in [-0.2, -0.15) is 0 Å². The van der Waals surface area contributed by atoms with E-state index in [4.69, 9.17) is 4.74 Å². The fourth-order valence-corrected chi connectivity index (χ4v) is 2.01. The molecule has 0 aliphatic carbocycles. The van der Waals surface area contributed by atoms with Crippen LogP contribution in [0.2, 0.25) is 0 Å². The van der Waals surface area contributed by atoms with Crippen LogP contribution in [0.25, 0.3) is 0 Å². The van der Waals surface area contributed by atoms with Crippen molar-refractivity contribution in [1.29, 1.82) is 0 Å². The monoisotopic (exact) mass is 335 g/mol. The third-order valence-corrected chi connectivity index (χ3v) is 3.05. The fraction of sp³-hybridized carbons (Fsp3) is 0.333. The van der Waals surface area contributed by atoms with Crippen LogP contribution in [0.4, 0.5) is 0 Å². The second-order valence-corrected chi connectivity index (χ2v) is 5.85. The average molecular weight is 336 g/mol. The lowest BCUT2D eigenvalue weighted by Crippen LogP contribution is -2.19. The number of nitrogens with one attached hydrogen (secondary N) is 1. The van der Waals surface area contributed by atoms with Crippen LogP contribution in [0, 0.1) is 5.92 Å². The summed E-state index contributed by atoms with van der Waals surface area (Å²) in [7, 11) is 0. The van der Waals surface area contributed by atoms with Crippen molar-refractivity contribution in [1.82, 2.24) is 15.3 Å². The van der Waals surface area contributed by atoms with Gasteiger partial charge in [0.2, 0.25) is 5.88 Å². The molecule has 2 aromatic rings. The van der Waals surface area contributed by atoms with Gasteiger partial charge in [0.15, 0.2) is 0 Å². The Balaban J connectivity index is 1.91. The summed E-state index contributed by atoms with van der Waals surface area (Å²) < 4.78 is 6.60. The van der Waals surface area contributed by atoms with Crippen molar-refractivity contribution >= 4 is 15.9 Å². The highest BCUT2D eigenvalue weighted by atomic mass is 79.9. The van der Waals surface area contributed by atoms with E-state index >= 15 is 0 Å². The Kier molecular flexibility index (Phi) is 5.49. The lowest BCUT2D eigenvalue weighted by Gasteiger charge is -2.08. The largest absolute Gasteiger partial charge is 0.437 e. The second-order valence-electron chi connectivity index (χ2n) is 4.93. The van der Waals surface area contributed by atoms with Crippen LogP contribution < -0.4 is 10.1 Å². The van der Waals surface area contributed by atoms with Crippen LogP contribution in [0.3, 0.4) is 0 Å². The van der Waals surface area contributed by atoms with Crippen LogP contribution in [0.1, 0.15) is 19.5 Å². The molecule has 0 saturated carbocycles. The lowest BCUT2D eigenvalue weighted by atomic mass is 10.2. The molecule has 0 aliphatic rings. The van der Waals surface area contributed by atoms with Gasteiger partial charge in [0, 0.05) is 11.0 Å². The van der Waals surface area contributed by atoms with Gasteiger partial charge in [-0.1, -0.05) is 35.8 Å². The first-order chi connectivity index (χ1) is 9.63. The number of rotatable bonds is 6. The Hall–Kier alpha value is -1.46. The summed E-state index contributed by atoms with van der Waals surface area (Å²) >= 11 is 3.40. The van der Waals surface area contributed by atoms with Gasteiger partial charge in [0.05, 0.1) is 18.1 Å². The Labute approximate surface area is 127 Å². The van der Waals surface area contributed by atoms with Crippen molar-refractivity contribution in [3.05, 3.63) is 46.8 Å². The van der Waals surface area contributed by atoms with Crippen LogP contribution in [0.5, 0.6) is 11.6 Å². The number of benzene rings is 1. The van der Waals surface area contributed by atoms with Gasteiger partial charge in [-0.25, -0.2) is 4.98 Å². The molecular weight excluding hydrogens is 318 g/mol. The molecule has 2 rings (SSSR count). The van der Waals surface area contributed by atoms with Crippen molar-refractivity contribution in [3.8, 4) is 11.6 Å². The molecule has 1 aromatic heterocycles. The molecule has 1 heterocycles. The van der Waals surface area contributed by atoms with Gasteiger partial charge >= 0.3 is 0 Å². The fourth-order valence-electron chi connectivity index (χ4n) is 1.63. The molecule has 5 heteroatoms. The molecule has 20 heavy (non-hydrogen) atoms. The van der Waals surface area contributed by atoms with Crippen LogP contribution in [-0.4, -0.2) is 16.5 Å². The zero-order valence-corrected chi connectivity index (χ0v) is 13.2. The van der Waals surface area contributed by atoms with E-state index in [0.717, 1.165) is 29.0 Å². The molecule has 1 N–H and O–H groups in total. The minimum atomic E-state index is 0.496. The summed E-state index contributed by atoms with van der Waals surface area (Å²) in [6, 6.07) is 7.63. The van der Waals surface area contributed by atoms with E-state index in [0.29, 0.717) is 11.8 Å². The van der Waals surface area contributed by atoms with Gasteiger partial charge in [0.25, 0.3) is 0 Å². The summed E-state index contributed by atoms with van der Waals surface area (Å²) in [5.41, 5.74) is 0.909. The van der Waals surface area contributed by atoms with E-state index < -0.39 is 0 Å². The number of halogens is 1. The minimum absolute atomic E-state index is 0.496. The van der Waals surface area contributed by atoms with Crippen molar-refractivity contribution < 1.29 is 4.74 Å². The Morgan fingerprint density at radius 1 is 1.25 bits per heavy atom. The van der Waals surface area contributed by atoms with E-state index in [1.54, 1.807) is 12.4 Å². The first-order valence-corrected chi connectivity index (χ1v) is 7.38. The van der Waals surface area contributed by atoms with Gasteiger partial charge in [0.1, 0.15) is 5.75 Å². The van der Waals surface area contributed by atoms with Crippen LogP contribution in [-0.2, 0) is 6.54 Å². The van der Waals surface area contributed by atoms with Gasteiger partial charge in [-0.05, 0) is 30.7 Å². The van der Waals surface area contributed by atoms with E-state index in [2.05, 4.69) is 45.1 Å². The van der Waals surface area contributed by atoms with Crippen LogP contribution in [0.15, 0.2) is 41.1 Å². The molecule has 0 unspecified atom stereocenters. The Morgan fingerprint density at radius 2 is 2.10 bits per heavy atom. The van der Waals surface area contributed by atoms with Gasteiger partial charge < -0.3 is 10.1 Å². The highest BCUT2D eigenvalue weighted by Gasteiger charge is 2.01. The molecule has 0 spiro atoms. The van der Waals surface area contributed by atoms with E-state index in [1.165, 1.54) is 0 Å². The Bertz CT molecular complexity index is 543. The summed E-state index contributed by atoms with van der Waals surface area (Å²) in [5.74, 6) is 1.86. The Morgan fingerprint density at radius 3 is 2.75 bits per heavy atom. The summed E-state index contributed by atoms with van der Waals surface area (Å²) in [6.07, 6.45) is 3.38. The highest BCUT2D eigenvalue weighted by molar-refractivity contribution is 9.10. The number of ether oxygens (including phenoxy) is 1. The predicted molar refractivity (Wildman–Crippen MR) is 82.8 cm³/mol. The van der Waals surface area contributed by atoms with Crippen LogP contribution >= 0.6 is 15.9 Å². The molecule has 1 aromatic carbocycles. The maximum Gasteiger partial charge on any atom is 0.237 e. The quantitative estimate of drug-likeness (QED) is 0.872. The smallest absolute Gasteiger partial charge is 0.237 e. The number of nitrogens with zero attached hydrogens (tertiary/aromatic N) is 2. The van der Waals surface area contributed by atoms with Crippen molar-refractivity contribution in [2.24, 2.45) is 5.92 Å². The third-order valence-electron chi connectivity index (χ3n) is 2.56. The molecule has 0 fully saturated rings. The second kappa shape index (κ2) is 7.36. The first-order valence-electron chi connectivity index (χ1n) is 6.58.